The number of rotatable bonds is 7. The zero-order valence-corrected chi connectivity index (χ0v) is 20.0. The van der Waals surface area contributed by atoms with Crippen LogP contribution < -0.4 is 4.74 Å². The van der Waals surface area contributed by atoms with Crippen molar-refractivity contribution in [3.63, 3.8) is 0 Å². The number of hydrogen-bond donors (Lipinski definition) is 1. The van der Waals surface area contributed by atoms with Gasteiger partial charge in [-0.25, -0.2) is 0 Å². The summed E-state index contributed by atoms with van der Waals surface area (Å²) in [6, 6.07) is 25.3. The predicted octanol–water partition coefficient (Wildman–Crippen LogP) is 6.67. The molecule has 0 radical (unpaired) electrons. The lowest BCUT2D eigenvalue weighted by molar-refractivity contribution is 0.230. The molecule has 0 spiro atoms. The number of aromatic hydroxyl groups is 1. The van der Waals surface area contributed by atoms with Gasteiger partial charge in [-0.3, -0.25) is 0 Å². The molecule has 2 aliphatic heterocycles. The summed E-state index contributed by atoms with van der Waals surface area (Å²) in [6.07, 6.45) is 5.39. The van der Waals surface area contributed by atoms with E-state index in [0.29, 0.717) is 6.61 Å². The fourth-order valence-electron chi connectivity index (χ4n) is 5.23. The summed E-state index contributed by atoms with van der Waals surface area (Å²) in [5.41, 5.74) is 3.74. The minimum Gasteiger partial charge on any atom is -0.508 e. The smallest absolute Gasteiger partial charge is 0.126 e. The summed E-state index contributed by atoms with van der Waals surface area (Å²) in [5.74, 6) is 2.66. The molecule has 33 heavy (non-hydrogen) atoms. The molecule has 1 saturated heterocycles. The zero-order valence-electron chi connectivity index (χ0n) is 19.2. The lowest BCUT2D eigenvalue weighted by atomic mass is 9.76. The maximum Gasteiger partial charge on any atom is 0.126 e. The average molecular weight is 460 g/mol. The second kappa shape index (κ2) is 10.7. The summed E-state index contributed by atoms with van der Waals surface area (Å²) < 4.78 is 6.09. The third kappa shape index (κ3) is 5.39. The fraction of sp³-hybridized carbons (Fsp3) is 0.379. The van der Waals surface area contributed by atoms with Crippen molar-refractivity contribution in [1.82, 2.24) is 4.90 Å². The van der Waals surface area contributed by atoms with Crippen LogP contribution in [0.3, 0.4) is 0 Å². The van der Waals surface area contributed by atoms with E-state index in [1.54, 1.807) is 12.1 Å². The highest BCUT2D eigenvalue weighted by atomic mass is 32.2. The number of benzene rings is 3. The standard InChI is InChI=1S/C29H33NO2S/c31-24-12-15-26-28(20-24)32-21-27(22-8-3-1-4-9-22)29(26)23-10-13-25(14-11-23)33-19-7-18-30-16-5-2-6-17-30/h1,3-4,8-15,20,27,29,31H,2,5-7,16-19,21H2/t27-,29-/m0/s1. The van der Waals surface area contributed by atoms with Gasteiger partial charge in [-0.2, -0.15) is 0 Å². The first kappa shape index (κ1) is 22.4. The van der Waals surface area contributed by atoms with Crippen molar-refractivity contribution in [1.29, 1.82) is 0 Å². The Morgan fingerprint density at radius 1 is 0.879 bits per heavy atom. The Morgan fingerprint density at radius 2 is 1.67 bits per heavy atom. The van der Waals surface area contributed by atoms with Gasteiger partial charge < -0.3 is 14.7 Å². The van der Waals surface area contributed by atoms with Gasteiger partial charge in [-0.05, 0) is 74.0 Å². The SMILES string of the molecule is Oc1ccc2c(c1)OC[C@@H](c1ccccc1)[C@H]2c1ccc(SCCCN2CCCCC2)cc1. The molecule has 3 aromatic carbocycles. The van der Waals surface area contributed by atoms with E-state index >= 15 is 0 Å². The number of fused-ring (bicyclic) bond motifs is 1. The Kier molecular flexibility index (Phi) is 7.23. The van der Waals surface area contributed by atoms with Gasteiger partial charge in [0, 0.05) is 28.4 Å². The van der Waals surface area contributed by atoms with E-state index in [4.69, 9.17) is 4.74 Å². The minimum atomic E-state index is 0.204. The predicted molar refractivity (Wildman–Crippen MR) is 137 cm³/mol. The Labute approximate surface area is 201 Å². The largest absolute Gasteiger partial charge is 0.508 e. The summed E-state index contributed by atoms with van der Waals surface area (Å²) in [7, 11) is 0. The highest BCUT2D eigenvalue weighted by molar-refractivity contribution is 7.99. The third-order valence-corrected chi connectivity index (χ3v) is 8.05. The first-order chi connectivity index (χ1) is 16.3. The van der Waals surface area contributed by atoms with Crippen LogP contribution in [0.5, 0.6) is 11.5 Å². The number of piperidine rings is 1. The molecule has 0 amide bonds. The number of phenolic OH excluding ortho intramolecular Hbond substituents is 1. The van der Waals surface area contributed by atoms with Crippen molar-refractivity contribution in [2.75, 3.05) is 32.0 Å². The molecule has 1 fully saturated rings. The molecule has 0 unspecified atom stereocenters. The maximum atomic E-state index is 9.96. The average Bonchev–Trinajstić information content (AvgIpc) is 2.87. The molecule has 172 valence electrons. The van der Waals surface area contributed by atoms with Gasteiger partial charge in [0.25, 0.3) is 0 Å². The van der Waals surface area contributed by atoms with Crippen LogP contribution in [-0.2, 0) is 0 Å². The minimum absolute atomic E-state index is 0.204. The quantitative estimate of drug-likeness (QED) is 0.316. The number of thioether (sulfide) groups is 1. The number of ether oxygens (including phenoxy) is 1. The van der Waals surface area contributed by atoms with E-state index in [9.17, 15) is 5.11 Å². The van der Waals surface area contributed by atoms with Crippen molar-refractivity contribution in [2.24, 2.45) is 0 Å². The van der Waals surface area contributed by atoms with Gasteiger partial charge in [0.2, 0.25) is 0 Å². The van der Waals surface area contributed by atoms with Gasteiger partial charge in [0.05, 0.1) is 6.61 Å². The maximum absolute atomic E-state index is 9.96. The second-order valence-electron chi connectivity index (χ2n) is 9.20. The fourth-order valence-corrected chi connectivity index (χ4v) is 6.07. The summed E-state index contributed by atoms with van der Waals surface area (Å²) in [6.45, 7) is 4.41. The molecule has 0 bridgehead atoms. The van der Waals surface area contributed by atoms with Gasteiger partial charge >= 0.3 is 0 Å². The van der Waals surface area contributed by atoms with Crippen LogP contribution in [0.25, 0.3) is 0 Å². The summed E-state index contributed by atoms with van der Waals surface area (Å²) in [4.78, 5) is 3.96. The summed E-state index contributed by atoms with van der Waals surface area (Å²) in [5, 5.41) is 9.96. The monoisotopic (exact) mass is 459 g/mol. The third-order valence-electron chi connectivity index (χ3n) is 6.96. The number of likely N-dealkylation sites (tertiary alicyclic amines) is 1. The Balaban J connectivity index is 1.30. The van der Waals surface area contributed by atoms with E-state index in [0.717, 1.165) is 11.3 Å². The lowest BCUT2D eigenvalue weighted by Crippen LogP contribution is -2.30. The van der Waals surface area contributed by atoms with Crippen LogP contribution in [0.15, 0.2) is 77.7 Å². The van der Waals surface area contributed by atoms with Crippen LogP contribution in [0.4, 0.5) is 0 Å². The van der Waals surface area contributed by atoms with Crippen LogP contribution in [0.1, 0.15) is 54.2 Å². The molecule has 2 aliphatic rings. The normalized spacial score (nSPS) is 20.7. The molecular formula is C29H33NO2S. The van der Waals surface area contributed by atoms with Crippen molar-refractivity contribution < 1.29 is 9.84 Å². The van der Waals surface area contributed by atoms with E-state index in [1.807, 2.05) is 17.8 Å². The summed E-state index contributed by atoms with van der Waals surface area (Å²) >= 11 is 1.96. The van der Waals surface area contributed by atoms with Gasteiger partial charge in [-0.15, -0.1) is 11.8 Å². The van der Waals surface area contributed by atoms with E-state index in [-0.39, 0.29) is 17.6 Å². The van der Waals surface area contributed by atoms with Crippen molar-refractivity contribution in [3.8, 4) is 11.5 Å². The zero-order chi connectivity index (χ0) is 22.5. The molecule has 3 nitrogen and oxygen atoms in total. The van der Waals surface area contributed by atoms with Crippen molar-refractivity contribution in [3.05, 3.63) is 89.5 Å². The molecule has 1 N–H and O–H groups in total. The first-order valence-corrected chi connectivity index (χ1v) is 13.2. The Bertz CT molecular complexity index is 1030. The molecule has 3 aromatic rings. The lowest BCUT2D eigenvalue weighted by Gasteiger charge is -2.34. The molecule has 2 atom stereocenters. The first-order valence-electron chi connectivity index (χ1n) is 12.2. The molecular weight excluding hydrogens is 426 g/mol. The van der Waals surface area contributed by atoms with Gasteiger partial charge in [-0.1, -0.05) is 55.0 Å². The Morgan fingerprint density at radius 3 is 2.45 bits per heavy atom. The molecule has 0 aromatic heterocycles. The molecule has 4 heteroatoms. The van der Waals surface area contributed by atoms with Crippen LogP contribution in [0.2, 0.25) is 0 Å². The van der Waals surface area contributed by atoms with Gasteiger partial charge in [0.1, 0.15) is 11.5 Å². The van der Waals surface area contributed by atoms with E-state index in [1.165, 1.54) is 67.1 Å². The molecule has 0 saturated carbocycles. The van der Waals surface area contributed by atoms with E-state index in [2.05, 4.69) is 59.5 Å². The van der Waals surface area contributed by atoms with Gasteiger partial charge in [0.15, 0.2) is 0 Å². The number of nitrogens with zero attached hydrogens (tertiary/aromatic N) is 1. The molecule has 5 rings (SSSR count). The van der Waals surface area contributed by atoms with Crippen LogP contribution in [0, 0.1) is 0 Å². The topological polar surface area (TPSA) is 32.7 Å². The van der Waals surface area contributed by atoms with Crippen LogP contribution >= 0.6 is 11.8 Å². The Hall–Kier alpha value is -2.43. The number of hydrogen-bond acceptors (Lipinski definition) is 4. The van der Waals surface area contributed by atoms with Crippen molar-refractivity contribution >= 4 is 11.8 Å². The highest BCUT2D eigenvalue weighted by Crippen LogP contribution is 2.47. The number of phenols is 1. The van der Waals surface area contributed by atoms with Crippen LogP contribution in [-0.4, -0.2) is 42.0 Å². The molecule has 2 heterocycles. The molecule has 0 aliphatic carbocycles. The van der Waals surface area contributed by atoms with E-state index < -0.39 is 0 Å². The highest BCUT2D eigenvalue weighted by Gasteiger charge is 2.33. The second-order valence-corrected chi connectivity index (χ2v) is 10.4. The van der Waals surface area contributed by atoms with Crippen molar-refractivity contribution in [2.45, 2.75) is 42.4 Å².